The molecule has 0 saturated heterocycles. The molecule has 2 rings (SSSR count). The van der Waals surface area contributed by atoms with Gasteiger partial charge in [0, 0.05) is 31.3 Å². The Kier molecular flexibility index (Phi) is 7.34. The van der Waals surface area contributed by atoms with E-state index in [0.29, 0.717) is 0 Å². The molecule has 0 fully saturated rings. The van der Waals surface area contributed by atoms with E-state index in [1.54, 1.807) is 14.2 Å². The smallest absolute Gasteiger partial charge is 0.188 e. The van der Waals surface area contributed by atoms with Crippen LogP contribution in [0.5, 0.6) is 11.5 Å². The molecule has 0 aromatic heterocycles. The first-order valence-electron chi connectivity index (χ1n) is 7.43. The van der Waals surface area contributed by atoms with Crippen LogP contribution in [0.25, 0.3) is 0 Å². The summed E-state index contributed by atoms with van der Waals surface area (Å²) < 4.78 is 21.5. The summed E-state index contributed by atoms with van der Waals surface area (Å²) in [6.07, 6.45) is 0.848. The molecule has 4 nitrogen and oxygen atoms in total. The lowest BCUT2D eigenvalue weighted by molar-refractivity contribution is 0.0494. The van der Waals surface area contributed by atoms with Gasteiger partial charge in [0.25, 0.3) is 0 Å². The minimum atomic E-state index is 0.140. The minimum Gasteiger partial charge on any atom is -0.467 e. The summed E-state index contributed by atoms with van der Waals surface area (Å²) in [7, 11) is 6.04. The van der Waals surface area contributed by atoms with Crippen molar-refractivity contribution in [3.8, 4) is 11.5 Å². The van der Waals surface area contributed by atoms with Crippen LogP contribution in [-0.2, 0) is 9.47 Å². The normalized spacial score (nSPS) is 10.8. The molecule has 0 N–H and O–H groups in total. The molecular weight excluding hydrogens is 311 g/mol. The lowest BCUT2D eigenvalue weighted by atomic mass is 9.91. The van der Waals surface area contributed by atoms with Gasteiger partial charge in [0.15, 0.2) is 13.6 Å². The highest BCUT2D eigenvalue weighted by Gasteiger charge is 2.20. The van der Waals surface area contributed by atoms with Crippen LogP contribution in [-0.4, -0.2) is 34.0 Å². The van der Waals surface area contributed by atoms with E-state index in [1.807, 2.05) is 36.4 Å². The molecule has 124 valence electrons. The zero-order valence-electron chi connectivity index (χ0n) is 13.5. The number of para-hydroxylation sites is 2. The Hall–Kier alpha value is -1.61. The van der Waals surface area contributed by atoms with Crippen molar-refractivity contribution in [2.24, 2.45) is 0 Å². The maximum Gasteiger partial charge on any atom is 0.188 e. The average Bonchev–Trinajstić information content (AvgIpc) is 2.60. The highest BCUT2D eigenvalue weighted by molar-refractivity contribution is 7.16. The average molecular weight is 334 g/mol. The van der Waals surface area contributed by atoms with Crippen LogP contribution in [0.2, 0.25) is 0 Å². The van der Waals surface area contributed by atoms with Gasteiger partial charge in [-0.25, -0.2) is 0 Å². The largest absolute Gasteiger partial charge is 0.467 e. The number of methoxy groups -OCH3 is 2. The zero-order valence-corrected chi connectivity index (χ0v) is 14.7. The molecule has 0 radical (unpaired) electrons. The molecule has 0 bridgehead atoms. The van der Waals surface area contributed by atoms with Crippen molar-refractivity contribution in [3.63, 3.8) is 0 Å². The van der Waals surface area contributed by atoms with E-state index in [0.717, 1.165) is 28.8 Å². The summed E-state index contributed by atoms with van der Waals surface area (Å²) in [5, 5.41) is 0. The Morgan fingerprint density at radius 2 is 1.22 bits per heavy atom. The Labute approximate surface area is 139 Å². The number of benzene rings is 2. The van der Waals surface area contributed by atoms with Gasteiger partial charge in [-0.1, -0.05) is 36.4 Å². The van der Waals surface area contributed by atoms with E-state index in [2.05, 4.69) is 21.4 Å². The Balaban J connectivity index is 2.37. The zero-order chi connectivity index (χ0) is 16.5. The molecule has 2 aromatic rings. The van der Waals surface area contributed by atoms with Gasteiger partial charge in [-0.2, -0.15) is 0 Å². The molecule has 0 spiro atoms. The van der Waals surface area contributed by atoms with E-state index in [-0.39, 0.29) is 19.5 Å². The van der Waals surface area contributed by atoms with E-state index < -0.39 is 0 Å². The van der Waals surface area contributed by atoms with Crippen molar-refractivity contribution in [1.82, 2.24) is 0 Å². The molecule has 5 heteroatoms. The van der Waals surface area contributed by atoms with Crippen molar-refractivity contribution in [2.75, 3.05) is 34.0 Å². The standard InChI is InChI=1S/C18H23O4P/c1-19-12-21-17-9-5-3-7-14(17)16(11-23)15-8-4-6-10-18(15)22-13-20-2/h3-10,16H,11-13,23H2,1-2H3. The maximum atomic E-state index is 5.71. The topological polar surface area (TPSA) is 36.9 Å². The van der Waals surface area contributed by atoms with Crippen molar-refractivity contribution in [3.05, 3.63) is 59.7 Å². The van der Waals surface area contributed by atoms with E-state index in [1.165, 1.54) is 0 Å². The summed E-state index contributed by atoms with van der Waals surface area (Å²) in [4.78, 5) is 0. The van der Waals surface area contributed by atoms with Crippen molar-refractivity contribution in [2.45, 2.75) is 5.92 Å². The summed E-state index contributed by atoms with van der Waals surface area (Å²) in [5.41, 5.74) is 2.21. The molecule has 0 aliphatic carbocycles. The molecule has 0 amide bonds. The minimum absolute atomic E-state index is 0.140. The van der Waals surface area contributed by atoms with Gasteiger partial charge in [0.1, 0.15) is 11.5 Å². The molecular formula is C18H23O4P. The van der Waals surface area contributed by atoms with Crippen LogP contribution < -0.4 is 9.47 Å². The Morgan fingerprint density at radius 3 is 1.61 bits per heavy atom. The van der Waals surface area contributed by atoms with E-state index in [4.69, 9.17) is 18.9 Å². The van der Waals surface area contributed by atoms with Crippen molar-refractivity contribution < 1.29 is 18.9 Å². The van der Waals surface area contributed by atoms with E-state index >= 15 is 0 Å². The van der Waals surface area contributed by atoms with Crippen LogP contribution >= 0.6 is 9.24 Å². The number of hydrogen-bond donors (Lipinski definition) is 0. The summed E-state index contributed by atoms with van der Waals surface area (Å²) in [5.74, 6) is 1.79. The summed E-state index contributed by atoms with van der Waals surface area (Å²) >= 11 is 0. The maximum absolute atomic E-state index is 5.71. The van der Waals surface area contributed by atoms with Gasteiger partial charge >= 0.3 is 0 Å². The third-order valence-electron chi connectivity index (χ3n) is 3.49. The monoisotopic (exact) mass is 334 g/mol. The fourth-order valence-electron chi connectivity index (χ4n) is 2.47. The number of ether oxygens (including phenoxy) is 4. The second kappa shape index (κ2) is 9.51. The van der Waals surface area contributed by atoms with Gasteiger partial charge in [-0.05, 0) is 18.3 Å². The molecule has 0 aliphatic rings. The molecule has 1 unspecified atom stereocenters. The van der Waals surface area contributed by atoms with Crippen LogP contribution in [0.4, 0.5) is 0 Å². The number of rotatable bonds is 9. The Bertz CT molecular complexity index is 552. The second-order valence-corrected chi connectivity index (χ2v) is 5.44. The first kappa shape index (κ1) is 17.7. The van der Waals surface area contributed by atoms with Crippen LogP contribution in [0.15, 0.2) is 48.5 Å². The van der Waals surface area contributed by atoms with Gasteiger partial charge < -0.3 is 18.9 Å². The Morgan fingerprint density at radius 1 is 0.783 bits per heavy atom. The second-order valence-electron chi connectivity index (χ2n) is 4.97. The lowest BCUT2D eigenvalue weighted by Gasteiger charge is -2.22. The highest BCUT2D eigenvalue weighted by Crippen LogP contribution is 2.37. The molecule has 1 atom stereocenters. The third-order valence-corrected chi connectivity index (χ3v) is 3.96. The van der Waals surface area contributed by atoms with Crippen LogP contribution in [0.1, 0.15) is 17.0 Å². The third kappa shape index (κ3) is 4.68. The molecule has 2 aromatic carbocycles. The lowest BCUT2D eigenvalue weighted by Crippen LogP contribution is -2.10. The fraction of sp³-hybridized carbons (Fsp3) is 0.333. The van der Waals surface area contributed by atoms with E-state index in [9.17, 15) is 0 Å². The fourth-order valence-corrected chi connectivity index (χ4v) is 2.97. The van der Waals surface area contributed by atoms with Gasteiger partial charge in [-0.15, -0.1) is 9.24 Å². The number of hydrogen-bond acceptors (Lipinski definition) is 4. The predicted molar refractivity (Wildman–Crippen MR) is 94.3 cm³/mol. The van der Waals surface area contributed by atoms with Gasteiger partial charge in [0.2, 0.25) is 0 Å². The quantitative estimate of drug-likeness (QED) is 0.518. The van der Waals surface area contributed by atoms with Crippen molar-refractivity contribution >= 4 is 9.24 Å². The van der Waals surface area contributed by atoms with Crippen molar-refractivity contribution in [1.29, 1.82) is 0 Å². The molecule has 0 saturated carbocycles. The molecule has 23 heavy (non-hydrogen) atoms. The SMILES string of the molecule is COCOc1ccccc1C(CP)c1ccccc1OCOC. The van der Waals surface area contributed by atoms with Gasteiger partial charge in [0.05, 0.1) is 0 Å². The predicted octanol–water partition coefficient (Wildman–Crippen LogP) is 3.66. The highest BCUT2D eigenvalue weighted by atomic mass is 31.0. The van der Waals surface area contributed by atoms with Crippen LogP contribution in [0, 0.1) is 0 Å². The first-order chi connectivity index (χ1) is 11.3. The summed E-state index contributed by atoms with van der Waals surface area (Å²) in [6, 6.07) is 16.0. The first-order valence-corrected chi connectivity index (χ1v) is 8.24. The van der Waals surface area contributed by atoms with Crippen LogP contribution in [0.3, 0.4) is 0 Å². The molecule has 0 aliphatic heterocycles. The summed E-state index contributed by atoms with van der Waals surface area (Å²) in [6.45, 7) is 0.449. The molecule has 0 heterocycles. The van der Waals surface area contributed by atoms with Gasteiger partial charge in [-0.3, -0.25) is 0 Å².